The highest BCUT2D eigenvalue weighted by Crippen LogP contribution is 2.28. The van der Waals surface area contributed by atoms with E-state index >= 15 is 0 Å². The average molecular weight is 544 g/mol. The monoisotopic (exact) mass is 543 g/mol. The molecule has 4 N–H and O–H groups in total. The maximum Gasteiger partial charge on any atom is 0.255 e. The first-order valence-electron chi connectivity index (χ1n) is 12.7. The van der Waals surface area contributed by atoms with Crippen LogP contribution in [0.25, 0.3) is 16.9 Å². The van der Waals surface area contributed by atoms with Crippen LogP contribution in [0.1, 0.15) is 48.7 Å². The summed E-state index contributed by atoms with van der Waals surface area (Å²) in [5, 5.41) is 32.0. The van der Waals surface area contributed by atoms with Gasteiger partial charge in [0.2, 0.25) is 5.91 Å². The second-order valence-electron chi connectivity index (χ2n) is 9.81. The van der Waals surface area contributed by atoms with Crippen molar-refractivity contribution in [3.8, 4) is 17.5 Å². The van der Waals surface area contributed by atoms with Crippen LogP contribution in [-0.2, 0) is 11.3 Å². The zero-order valence-electron chi connectivity index (χ0n) is 22.4. The number of halogens is 1. The molecule has 0 aliphatic carbocycles. The van der Waals surface area contributed by atoms with E-state index in [1.807, 2.05) is 36.4 Å². The lowest BCUT2D eigenvalue weighted by atomic mass is 10.0. The second kappa shape index (κ2) is 11.9. The van der Waals surface area contributed by atoms with Gasteiger partial charge in [-0.1, -0.05) is 19.1 Å². The number of carbonyl (C=O) groups excluding carboxylic acids is 2. The minimum Gasteiger partial charge on any atom is -0.387 e. The molecule has 0 saturated heterocycles. The van der Waals surface area contributed by atoms with Crippen LogP contribution in [0, 0.1) is 11.3 Å². The molecule has 2 amide bonds. The fraction of sp³-hybridized carbons (Fsp3) is 0.276. The van der Waals surface area contributed by atoms with Gasteiger partial charge < -0.3 is 21.1 Å². The van der Waals surface area contributed by atoms with Crippen LogP contribution in [0.15, 0.2) is 60.9 Å². The number of pyridine rings is 1. The molecular formula is C29H30FN7O3. The molecule has 206 valence electrons. The highest BCUT2D eigenvalue weighted by molar-refractivity contribution is 6.00. The number of aromatic nitrogens is 3. The Morgan fingerprint density at radius 1 is 1.12 bits per heavy atom. The van der Waals surface area contributed by atoms with Gasteiger partial charge in [0, 0.05) is 24.8 Å². The van der Waals surface area contributed by atoms with Crippen LogP contribution in [-0.4, -0.2) is 49.8 Å². The molecule has 10 nitrogen and oxygen atoms in total. The Labute approximate surface area is 230 Å². The Morgan fingerprint density at radius 3 is 2.55 bits per heavy atom. The molecular weight excluding hydrogens is 513 g/mol. The molecule has 0 fully saturated rings. The van der Waals surface area contributed by atoms with E-state index in [1.165, 1.54) is 26.2 Å². The van der Waals surface area contributed by atoms with Gasteiger partial charge in [-0.05, 0) is 55.8 Å². The number of fused-ring (bicyclic) bond motifs is 1. The number of benzene rings is 1. The molecule has 4 aromatic rings. The highest BCUT2D eigenvalue weighted by atomic mass is 19.1. The van der Waals surface area contributed by atoms with Gasteiger partial charge in [0.1, 0.15) is 12.2 Å². The van der Waals surface area contributed by atoms with E-state index in [9.17, 15) is 24.3 Å². The summed E-state index contributed by atoms with van der Waals surface area (Å²) in [6.45, 7) is 4.47. The number of rotatable bonds is 10. The Kier molecular flexibility index (Phi) is 8.40. The topological polar surface area (TPSA) is 144 Å². The van der Waals surface area contributed by atoms with Crippen molar-refractivity contribution in [1.82, 2.24) is 25.2 Å². The molecule has 0 saturated carbocycles. The zero-order valence-corrected chi connectivity index (χ0v) is 22.4. The zero-order chi connectivity index (χ0) is 28.9. The van der Waals surface area contributed by atoms with Crippen LogP contribution in [0.2, 0.25) is 0 Å². The molecule has 0 aliphatic heterocycles. The van der Waals surface area contributed by atoms with E-state index in [0.29, 0.717) is 46.8 Å². The van der Waals surface area contributed by atoms with E-state index in [2.05, 4.69) is 32.1 Å². The van der Waals surface area contributed by atoms with Crippen LogP contribution >= 0.6 is 0 Å². The third-order valence-electron chi connectivity index (χ3n) is 6.29. The summed E-state index contributed by atoms with van der Waals surface area (Å²) in [6.07, 6.45) is 1.58. The molecule has 3 heterocycles. The summed E-state index contributed by atoms with van der Waals surface area (Å²) < 4.78 is 15.9. The minimum absolute atomic E-state index is 0.0430. The molecule has 0 spiro atoms. The average Bonchev–Trinajstić information content (AvgIpc) is 3.37. The minimum atomic E-state index is -1.67. The number of hydrogen-bond donors (Lipinski definition) is 4. The Balaban J connectivity index is 1.65. The summed E-state index contributed by atoms with van der Waals surface area (Å²) in [5.41, 5.74) is 2.84. The fourth-order valence-electron chi connectivity index (χ4n) is 3.85. The van der Waals surface area contributed by atoms with Crippen molar-refractivity contribution in [1.29, 1.82) is 5.26 Å². The number of nitriles is 1. The van der Waals surface area contributed by atoms with E-state index in [1.54, 1.807) is 23.6 Å². The summed E-state index contributed by atoms with van der Waals surface area (Å²) in [5.74, 6) is -0.609. The van der Waals surface area contributed by atoms with Crippen molar-refractivity contribution in [2.45, 2.75) is 45.5 Å². The summed E-state index contributed by atoms with van der Waals surface area (Å²) in [4.78, 5) is 29.1. The molecule has 0 radical (unpaired) electrons. The third kappa shape index (κ3) is 6.59. The van der Waals surface area contributed by atoms with Crippen LogP contribution in [0.5, 0.6) is 0 Å². The molecule has 3 aromatic heterocycles. The molecule has 0 bridgehead atoms. The molecule has 1 unspecified atom stereocenters. The van der Waals surface area contributed by atoms with Crippen molar-refractivity contribution in [2.75, 3.05) is 11.9 Å². The number of nitrogens with zero attached hydrogens (tertiary/aromatic N) is 4. The van der Waals surface area contributed by atoms with E-state index in [-0.39, 0.29) is 18.0 Å². The maximum absolute atomic E-state index is 14.3. The van der Waals surface area contributed by atoms with Crippen molar-refractivity contribution in [2.24, 2.45) is 0 Å². The largest absolute Gasteiger partial charge is 0.387 e. The van der Waals surface area contributed by atoms with Gasteiger partial charge >= 0.3 is 0 Å². The number of aliphatic hydroxyl groups is 1. The predicted molar refractivity (Wildman–Crippen MR) is 149 cm³/mol. The van der Waals surface area contributed by atoms with Gasteiger partial charge in [-0.15, -0.1) is 0 Å². The van der Waals surface area contributed by atoms with E-state index in [4.69, 9.17) is 0 Å². The standard InChI is InChI=1S/C29H30FN7O3/c1-4-27(38)33-14-18-5-7-20(8-6-18)36-23-12-24(25-10-9-21-11-19(13-31)15-35-37(21)25)32-16-22(23)28(39)34-17-26(30)29(2,3)40/h5-12,15-16,26,40H,4,14,17H2,1-3H3,(H,32,36)(H,33,38)(H,34,39). The van der Waals surface area contributed by atoms with Gasteiger partial charge in [0.15, 0.2) is 0 Å². The first-order valence-corrected chi connectivity index (χ1v) is 12.7. The van der Waals surface area contributed by atoms with Gasteiger partial charge in [-0.2, -0.15) is 10.4 Å². The van der Waals surface area contributed by atoms with Gasteiger partial charge in [0.25, 0.3) is 5.91 Å². The molecule has 1 atom stereocenters. The highest BCUT2D eigenvalue weighted by Gasteiger charge is 2.27. The third-order valence-corrected chi connectivity index (χ3v) is 6.29. The van der Waals surface area contributed by atoms with Crippen molar-refractivity contribution < 1.29 is 19.1 Å². The summed E-state index contributed by atoms with van der Waals surface area (Å²) in [7, 11) is 0. The quantitative estimate of drug-likeness (QED) is 0.238. The van der Waals surface area contributed by atoms with Crippen molar-refractivity contribution in [3.05, 3.63) is 77.6 Å². The van der Waals surface area contributed by atoms with Crippen LogP contribution in [0.3, 0.4) is 0 Å². The smallest absolute Gasteiger partial charge is 0.255 e. The first kappa shape index (κ1) is 28.2. The number of alkyl halides is 1. The maximum atomic E-state index is 14.3. The SMILES string of the molecule is CCC(=O)NCc1ccc(Nc2cc(-c3ccc4cc(C#N)cnn34)ncc2C(=O)NCC(F)C(C)(C)O)cc1. The van der Waals surface area contributed by atoms with Crippen LogP contribution in [0.4, 0.5) is 15.8 Å². The van der Waals surface area contributed by atoms with Crippen LogP contribution < -0.4 is 16.0 Å². The number of nitrogens with one attached hydrogen (secondary N) is 3. The lowest BCUT2D eigenvalue weighted by molar-refractivity contribution is -0.120. The van der Waals surface area contributed by atoms with Gasteiger partial charge in [-0.25, -0.2) is 8.91 Å². The number of hydrogen-bond acceptors (Lipinski definition) is 7. The van der Waals surface area contributed by atoms with Crippen molar-refractivity contribution in [3.63, 3.8) is 0 Å². The summed E-state index contributed by atoms with van der Waals surface area (Å²) >= 11 is 0. The Bertz CT molecular complexity index is 1570. The van der Waals surface area contributed by atoms with Crippen molar-refractivity contribution >= 4 is 28.7 Å². The first-order chi connectivity index (χ1) is 19.1. The Hall–Kier alpha value is -4.82. The van der Waals surface area contributed by atoms with Gasteiger partial charge in [-0.3, -0.25) is 14.6 Å². The molecule has 11 heteroatoms. The Morgan fingerprint density at radius 2 is 1.88 bits per heavy atom. The summed E-state index contributed by atoms with van der Waals surface area (Å²) in [6, 6.07) is 16.4. The van der Waals surface area contributed by atoms with E-state index < -0.39 is 17.7 Å². The molecule has 0 aliphatic rings. The van der Waals surface area contributed by atoms with Gasteiger partial charge in [0.05, 0.1) is 52.1 Å². The number of anilines is 2. The second-order valence-corrected chi connectivity index (χ2v) is 9.81. The lowest BCUT2D eigenvalue weighted by Gasteiger charge is -2.22. The number of amides is 2. The number of carbonyl (C=O) groups is 2. The lowest BCUT2D eigenvalue weighted by Crippen LogP contribution is -2.42. The predicted octanol–water partition coefficient (Wildman–Crippen LogP) is 3.88. The molecule has 40 heavy (non-hydrogen) atoms. The molecule has 1 aromatic carbocycles. The van der Waals surface area contributed by atoms with E-state index in [0.717, 1.165) is 5.56 Å². The fourth-order valence-corrected chi connectivity index (χ4v) is 3.85. The molecule has 4 rings (SSSR count). The normalized spacial score (nSPS) is 12.0.